The van der Waals surface area contributed by atoms with Gasteiger partial charge in [-0.15, -0.1) is 0 Å². The van der Waals surface area contributed by atoms with E-state index in [1.807, 2.05) is 30.3 Å². The van der Waals surface area contributed by atoms with E-state index in [1.165, 1.54) is 5.56 Å². The number of nitrogen functional groups attached to an aromatic ring is 1. The molecule has 3 N–H and O–H groups in total. The van der Waals surface area contributed by atoms with Gasteiger partial charge < -0.3 is 20.5 Å². The molecule has 1 aliphatic carbocycles. The average molecular weight is 367 g/mol. The van der Waals surface area contributed by atoms with Crippen LogP contribution in [0.2, 0.25) is 0 Å². The molecule has 2 atom stereocenters. The SMILES string of the molecule is Nc1cccc(C2(O)C3CCC2CN(CCOCCc2ccccc2)C3)c1. The third kappa shape index (κ3) is 3.88. The molecule has 4 rings (SSSR count). The van der Waals surface area contributed by atoms with E-state index in [0.717, 1.165) is 63.4 Å². The summed E-state index contributed by atoms with van der Waals surface area (Å²) in [6.45, 7) is 4.32. The van der Waals surface area contributed by atoms with Crippen LogP contribution < -0.4 is 5.73 Å². The molecule has 0 aromatic heterocycles. The van der Waals surface area contributed by atoms with Crippen LogP contribution in [0.25, 0.3) is 0 Å². The number of benzene rings is 2. The number of nitrogens with zero attached hydrogens (tertiary/aromatic N) is 1. The maximum Gasteiger partial charge on any atom is 0.0977 e. The Morgan fingerprint density at radius 3 is 2.44 bits per heavy atom. The molecule has 1 saturated carbocycles. The summed E-state index contributed by atoms with van der Waals surface area (Å²) in [5, 5.41) is 11.5. The normalized spacial score (nSPS) is 27.7. The maximum atomic E-state index is 11.5. The highest BCUT2D eigenvalue weighted by atomic mass is 16.5. The highest BCUT2D eigenvalue weighted by molar-refractivity contribution is 5.43. The summed E-state index contributed by atoms with van der Waals surface area (Å²) in [7, 11) is 0. The van der Waals surface area contributed by atoms with Gasteiger partial charge in [-0.2, -0.15) is 0 Å². The first kappa shape index (κ1) is 18.5. The van der Waals surface area contributed by atoms with Gasteiger partial charge in [-0.05, 0) is 42.5 Å². The van der Waals surface area contributed by atoms with Crippen molar-refractivity contribution >= 4 is 5.69 Å². The van der Waals surface area contributed by atoms with Gasteiger partial charge in [0, 0.05) is 37.2 Å². The van der Waals surface area contributed by atoms with Crippen LogP contribution in [0.4, 0.5) is 5.69 Å². The van der Waals surface area contributed by atoms with E-state index in [-0.39, 0.29) is 11.8 Å². The van der Waals surface area contributed by atoms with Crippen LogP contribution in [0, 0.1) is 11.8 Å². The van der Waals surface area contributed by atoms with E-state index in [0.29, 0.717) is 0 Å². The van der Waals surface area contributed by atoms with E-state index >= 15 is 0 Å². The van der Waals surface area contributed by atoms with Crippen LogP contribution >= 0.6 is 0 Å². The second kappa shape index (κ2) is 8.01. The number of anilines is 1. The third-order valence-corrected chi connectivity index (χ3v) is 6.34. The Balaban J connectivity index is 1.27. The Morgan fingerprint density at radius 1 is 1.00 bits per heavy atom. The standard InChI is InChI=1S/C23H30N2O2/c24-22-8-4-7-19(15-22)23(26)20-9-10-21(23)17-25(16-20)12-14-27-13-11-18-5-2-1-3-6-18/h1-8,15,20-21,26H,9-14,16-17,24H2. The lowest BCUT2D eigenvalue weighted by Crippen LogP contribution is -2.52. The monoisotopic (exact) mass is 366 g/mol. The zero-order valence-electron chi connectivity index (χ0n) is 15.9. The summed E-state index contributed by atoms with van der Waals surface area (Å²) in [5.74, 6) is 0.560. The highest BCUT2D eigenvalue weighted by Gasteiger charge is 2.53. The zero-order valence-corrected chi connectivity index (χ0v) is 15.9. The minimum atomic E-state index is -0.722. The second-order valence-corrected chi connectivity index (χ2v) is 8.03. The predicted molar refractivity (Wildman–Crippen MR) is 108 cm³/mol. The number of likely N-dealkylation sites (tertiary alicyclic amines) is 1. The van der Waals surface area contributed by atoms with Crippen LogP contribution in [0.3, 0.4) is 0 Å². The molecule has 144 valence electrons. The molecule has 2 aromatic rings. The Hall–Kier alpha value is -1.88. The Bertz CT molecular complexity index is 735. The highest BCUT2D eigenvalue weighted by Crippen LogP contribution is 2.51. The van der Waals surface area contributed by atoms with E-state index < -0.39 is 5.60 Å². The molecule has 2 aromatic carbocycles. The van der Waals surface area contributed by atoms with Gasteiger partial charge in [-0.25, -0.2) is 0 Å². The molecule has 4 heteroatoms. The summed E-state index contributed by atoms with van der Waals surface area (Å²) >= 11 is 0. The van der Waals surface area contributed by atoms with Gasteiger partial charge in [-0.1, -0.05) is 42.5 Å². The van der Waals surface area contributed by atoms with Crippen molar-refractivity contribution in [2.45, 2.75) is 24.9 Å². The maximum absolute atomic E-state index is 11.5. The molecule has 1 heterocycles. The largest absolute Gasteiger partial charge is 0.399 e. The summed E-state index contributed by atoms with van der Waals surface area (Å²) in [6, 6.07) is 18.3. The summed E-state index contributed by atoms with van der Waals surface area (Å²) in [6.07, 6.45) is 3.13. The summed E-state index contributed by atoms with van der Waals surface area (Å²) in [4.78, 5) is 2.46. The Morgan fingerprint density at radius 2 is 1.74 bits per heavy atom. The first-order chi connectivity index (χ1) is 13.2. The van der Waals surface area contributed by atoms with Gasteiger partial charge in [-0.3, -0.25) is 0 Å². The van der Waals surface area contributed by atoms with E-state index in [2.05, 4.69) is 29.2 Å². The van der Waals surface area contributed by atoms with Crippen molar-refractivity contribution < 1.29 is 9.84 Å². The first-order valence-corrected chi connectivity index (χ1v) is 10.1. The van der Waals surface area contributed by atoms with Crippen molar-refractivity contribution in [1.82, 2.24) is 4.90 Å². The van der Waals surface area contributed by atoms with Crippen LogP contribution in [0.15, 0.2) is 54.6 Å². The van der Waals surface area contributed by atoms with Crippen molar-refractivity contribution in [2.24, 2.45) is 11.8 Å². The van der Waals surface area contributed by atoms with Crippen molar-refractivity contribution in [3.05, 3.63) is 65.7 Å². The lowest BCUT2D eigenvalue weighted by molar-refractivity contribution is -0.0926. The number of nitrogens with two attached hydrogens (primary N) is 1. The number of fused-ring (bicyclic) bond motifs is 2. The molecule has 2 fully saturated rings. The Labute approximate surface area is 161 Å². The van der Waals surface area contributed by atoms with E-state index in [9.17, 15) is 5.11 Å². The molecule has 0 amide bonds. The predicted octanol–water partition coefficient (Wildman–Crippen LogP) is 3.06. The minimum absolute atomic E-state index is 0.280. The molecule has 0 spiro atoms. The fourth-order valence-corrected chi connectivity index (χ4v) is 4.91. The third-order valence-electron chi connectivity index (χ3n) is 6.34. The molecule has 2 bridgehead atoms. The van der Waals surface area contributed by atoms with Crippen molar-refractivity contribution in [1.29, 1.82) is 0 Å². The van der Waals surface area contributed by atoms with Gasteiger partial charge in [0.05, 0.1) is 18.8 Å². The average Bonchev–Trinajstić information content (AvgIpc) is 2.86. The van der Waals surface area contributed by atoms with Crippen LogP contribution in [-0.2, 0) is 16.8 Å². The summed E-state index contributed by atoms with van der Waals surface area (Å²) < 4.78 is 5.86. The molecule has 2 unspecified atom stereocenters. The molecule has 27 heavy (non-hydrogen) atoms. The number of piperidine rings is 1. The van der Waals surface area contributed by atoms with Crippen molar-refractivity contribution in [3.8, 4) is 0 Å². The smallest absolute Gasteiger partial charge is 0.0977 e. The van der Waals surface area contributed by atoms with E-state index in [1.54, 1.807) is 0 Å². The topological polar surface area (TPSA) is 58.7 Å². The lowest BCUT2D eigenvalue weighted by atomic mass is 9.75. The number of ether oxygens (including phenoxy) is 1. The van der Waals surface area contributed by atoms with Gasteiger partial charge in [0.2, 0.25) is 0 Å². The van der Waals surface area contributed by atoms with Gasteiger partial charge >= 0.3 is 0 Å². The van der Waals surface area contributed by atoms with Gasteiger partial charge in [0.25, 0.3) is 0 Å². The van der Waals surface area contributed by atoms with Gasteiger partial charge in [0.1, 0.15) is 0 Å². The first-order valence-electron chi connectivity index (χ1n) is 10.1. The molecule has 1 saturated heterocycles. The fraction of sp³-hybridized carbons (Fsp3) is 0.478. The Kier molecular flexibility index (Phi) is 5.48. The van der Waals surface area contributed by atoms with Crippen LogP contribution in [-0.4, -0.2) is 42.9 Å². The number of rotatable bonds is 7. The van der Waals surface area contributed by atoms with Gasteiger partial charge in [0.15, 0.2) is 0 Å². The van der Waals surface area contributed by atoms with Crippen LogP contribution in [0.1, 0.15) is 24.0 Å². The number of hydrogen-bond acceptors (Lipinski definition) is 4. The molecular formula is C23H30N2O2. The zero-order chi connectivity index (χ0) is 18.7. The molecule has 2 aliphatic rings. The van der Waals surface area contributed by atoms with E-state index in [4.69, 9.17) is 10.5 Å². The number of hydrogen-bond donors (Lipinski definition) is 2. The van der Waals surface area contributed by atoms with Crippen molar-refractivity contribution in [3.63, 3.8) is 0 Å². The summed E-state index contributed by atoms with van der Waals surface area (Å²) in [5.41, 5.74) is 8.28. The van der Waals surface area contributed by atoms with Crippen molar-refractivity contribution in [2.75, 3.05) is 38.6 Å². The fourth-order valence-electron chi connectivity index (χ4n) is 4.91. The minimum Gasteiger partial charge on any atom is -0.399 e. The van der Waals surface area contributed by atoms with Crippen LogP contribution in [0.5, 0.6) is 0 Å². The second-order valence-electron chi connectivity index (χ2n) is 8.03. The molecular weight excluding hydrogens is 336 g/mol. The lowest BCUT2D eigenvalue weighted by Gasteiger charge is -2.45. The molecule has 4 nitrogen and oxygen atoms in total. The molecule has 0 radical (unpaired) electrons. The molecule has 1 aliphatic heterocycles. The number of aliphatic hydroxyl groups is 1. The quantitative estimate of drug-likeness (QED) is 0.584.